The van der Waals surface area contributed by atoms with E-state index in [0.717, 1.165) is 0 Å². The second-order valence-corrected chi connectivity index (χ2v) is 7.12. The number of aromatic nitrogens is 2. The van der Waals surface area contributed by atoms with Crippen LogP contribution in [0.15, 0.2) is 59.6 Å². The lowest BCUT2D eigenvalue weighted by Crippen LogP contribution is -2.13. The van der Waals surface area contributed by atoms with Crippen LogP contribution in [0.25, 0.3) is 5.65 Å². The maximum atomic E-state index is 12.7. The van der Waals surface area contributed by atoms with Crippen molar-refractivity contribution in [1.29, 1.82) is 0 Å². The Morgan fingerprint density at radius 1 is 1.12 bits per heavy atom. The molecule has 1 aromatic carbocycles. The van der Waals surface area contributed by atoms with Crippen LogP contribution in [-0.2, 0) is 20.3 Å². The van der Waals surface area contributed by atoms with E-state index >= 15 is 0 Å². The predicted molar refractivity (Wildman–Crippen MR) is 88.5 cm³/mol. The lowest BCUT2D eigenvalue weighted by atomic mass is 10.3. The normalized spacial score (nSPS) is 11.5. The second kappa shape index (κ2) is 6.45. The van der Waals surface area contributed by atoms with Gasteiger partial charge in [0.1, 0.15) is 5.65 Å². The molecule has 0 unspecified atom stereocenters. The van der Waals surface area contributed by atoms with Crippen molar-refractivity contribution in [2.75, 3.05) is 6.61 Å². The lowest BCUT2D eigenvalue weighted by molar-refractivity contribution is 0.0519. The zero-order chi connectivity index (χ0) is 17.2. The van der Waals surface area contributed by atoms with E-state index in [1.807, 2.05) is 0 Å². The molecule has 0 aliphatic heterocycles. The number of fused-ring (bicyclic) bond motifs is 1. The first kappa shape index (κ1) is 16.2. The zero-order valence-electron chi connectivity index (χ0n) is 13.0. The summed E-state index contributed by atoms with van der Waals surface area (Å²) >= 11 is 0. The second-order valence-electron chi connectivity index (χ2n) is 5.13. The van der Waals surface area contributed by atoms with E-state index in [2.05, 4.69) is 4.98 Å². The fraction of sp³-hybridized carbons (Fsp3) is 0.176. The minimum Gasteiger partial charge on any atom is -0.461 e. The summed E-state index contributed by atoms with van der Waals surface area (Å²) in [6.07, 6.45) is 1.68. The van der Waals surface area contributed by atoms with E-state index in [-0.39, 0.29) is 22.9 Å². The monoisotopic (exact) mass is 344 g/mol. The molecule has 0 N–H and O–H groups in total. The third-order valence-electron chi connectivity index (χ3n) is 3.53. The highest BCUT2D eigenvalue weighted by molar-refractivity contribution is 7.90. The molecule has 0 spiro atoms. The number of pyridine rings is 1. The maximum Gasteiger partial charge on any atom is 0.358 e. The van der Waals surface area contributed by atoms with Gasteiger partial charge in [-0.05, 0) is 31.2 Å². The van der Waals surface area contributed by atoms with Gasteiger partial charge in [-0.3, -0.25) is 0 Å². The summed E-state index contributed by atoms with van der Waals surface area (Å²) in [5.74, 6) is -0.962. The SMILES string of the molecule is CCOC(=O)c1nc2ccccn2c1CS(=O)(=O)c1ccccc1. The molecule has 3 rings (SSSR count). The predicted octanol–water partition coefficient (Wildman–Crippen LogP) is 2.48. The van der Waals surface area contributed by atoms with Crippen molar-refractivity contribution in [3.05, 3.63) is 66.1 Å². The maximum absolute atomic E-state index is 12.7. The van der Waals surface area contributed by atoms with Crippen LogP contribution in [0.5, 0.6) is 0 Å². The molecule has 0 atom stereocenters. The van der Waals surface area contributed by atoms with Gasteiger partial charge in [0.15, 0.2) is 15.5 Å². The summed E-state index contributed by atoms with van der Waals surface area (Å²) in [7, 11) is -3.61. The number of hydrogen-bond acceptors (Lipinski definition) is 5. The quantitative estimate of drug-likeness (QED) is 0.665. The number of rotatable bonds is 5. The van der Waals surface area contributed by atoms with Crippen LogP contribution in [0.2, 0.25) is 0 Å². The Bertz CT molecular complexity index is 978. The summed E-state index contributed by atoms with van der Waals surface area (Å²) in [4.78, 5) is 16.6. The molecule has 24 heavy (non-hydrogen) atoms. The molecule has 0 fully saturated rings. The Morgan fingerprint density at radius 3 is 2.54 bits per heavy atom. The average molecular weight is 344 g/mol. The number of imidazole rings is 1. The van der Waals surface area contributed by atoms with E-state index in [4.69, 9.17) is 4.74 Å². The lowest BCUT2D eigenvalue weighted by Gasteiger charge is -2.07. The summed E-state index contributed by atoms with van der Waals surface area (Å²) in [5, 5.41) is 0. The van der Waals surface area contributed by atoms with E-state index in [0.29, 0.717) is 11.3 Å². The van der Waals surface area contributed by atoms with Crippen molar-refractivity contribution < 1.29 is 17.9 Å². The van der Waals surface area contributed by atoms with Gasteiger partial charge in [0, 0.05) is 6.20 Å². The molecule has 0 bridgehead atoms. The van der Waals surface area contributed by atoms with Gasteiger partial charge in [0.25, 0.3) is 0 Å². The van der Waals surface area contributed by atoms with Crippen LogP contribution in [0, 0.1) is 0 Å². The van der Waals surface area contributed by atoms with Gasteiger partial charge in [-0.1, -0.05) is 24.3 Å². The molecule has 0 amide bonds. The molecular weight excluding hydrogens is 328 g/mol. The fourth-order valence-electron chi connectivity index (χ4n) is 2.44. The first-order valence-electron chi connectivity index (χ1n) is 7.44. The highest BCUT2D eigenvalue weighted by Crippen LogP contribution is 2.21. The van der Waals surface area contributed by atoms with Crippen molar-refractivity contribution in [1.82, 2.24) is 9.38 Å². The summed E-state index contributed by atoms with van der Waals surface area (Å²) < 4.78 is 32.0. The number of carbonyl (C=O) groups excluding carboxylic acids is 1. The first-order valence-corrected chi connectivity index (χ1v) is 9.09. The Hall–Kier alpha value is -2.67. The smallest absolute Gasteiger partial charge is 0.358 e. The van der Waals surface area contributed by atoms with Gasteiger partial charge in [-0.15, -0.1) is 0 Å². The molecule has 0 saturated carbocycles. The molecular formula is C17H16N2O4S. The van der Waals surface area contributed by atoms with Crippen molar-refractivity contribution in [2.45, 2.75) is 17.6 Å². The van der Waals surface area contributed by atoms with Crippen LogP contribution in [0.3, 0.4) is 0 Å². The fourth-order valence-corrected chi connectivity index (χ4v) is 3.81. The van der Waals surface area contributed by atoms with Crippen LogP contribution in [0.1, 0.15) is 23.1 Å². The van der Waals surface area contributed by atoms with E-state index in [1.54, 1.807) is 53.9 Å². The molecule has 2 aromatic heterocycles. The van der Waals surface area contributed by atoms with Crippen LogP contribution >= 0.6 is 0 Å². The zero-order valence-corrected chi connectivity index (χ0v) is 13.9. The molecule has 0 saturated heterocycles. The molecule has 124 valence electrons. The number of hydrogen-bond donors (Lipinski definition) is 0. The largest absolute Gasteiger partial charge is 0.461 e. The molecule has 0 aliphatic carbocycles. The third kappa shape index (κ3) is 3.03. The van der Waals surface area contributed by atoms with Gasteiger partial charge in [-0.25, -0.2) is 18.2 Å². The Kier molecular flexibility index (Phi) is 4.35. The van der Waals surface area contributed by atoms with E-state index in [9.17, 15) is 13.2 Å². The van der Waals surface area contributed by atoms with Gasteiger partial charge in [-0.2, -0.15) is 0 Å². The van der Waals surface area contributed by atoms with Gasteiger partial charge < -0.3 is 9.14 Å². The van der Waals surface area contributed by atoms with Crippen molar-refractivity contribution in [2.24, 2.45) is 0 Å². The van der Waals surface area contributed by atoms with Crippen LogP contribution in [0.4, 0.5) is 0 Å². The molecule has 0 aliphatic rings. The Balaban J connectivity index is 2.11. The number of benzene rings is 1. The summed E-state index contributed by atoms with van der Waals surface area (Å²) in [6, 6.07) is 13.4. The van der Waals surface area contributed by atoms with Crippen molar-refractivity contribution in [3.63, 3.8) is 0 Å². The Morgan fingerprint density at radius 2 is 1.83 bits per heavy atom. The number of esters is 1. The van der Waals surface area contributed by atoms with Gasteiger partial charge in [0.2, 0.25) is 0 Å². The highest BCUT2D eigenvalue weighted by atomic mass is 32.2. The molecule has 3 aromatic rings. The highest BCUT2D eigenvalue weighted by Gasteiger charge is 2.25. The number of carbonyl (C=O) groups is 1. The molecule has 2 heterocycles. The summed E-state index contributed by atoms with van der Waals surface area (Å²) in [5.41, 5.74) is 0.828. The molecule has 0 radical (unpaired) electrons. The molecule has 7 heteroatoms. The van der Waals surface area contributed by atoms with Crippen LogP contribution < -0.4 is 0 Å². The molecule has 6 nitrogen and oxygen atoms in total. The van der Waals surface area contributed by atoms with Gasteiger partial charge >= 0.3 is 5.97 Å². The van der Waals surface area contributed by atoms with Crippen molar-refractivity contribution >= 4 is 21.5 Å². The van der Waals surface area contributed by atoms with Crippen LogP contribution in [-0.4, -0.2) is 30.4 Å². The minimum absolute atomic E-state index is 0.0301. The van der Waals surface area contributed by atoms with E-state index < -0.39 is 15.8 Å². The number of nitrogens with zero attached hydrogens (tertiary/aromatic N) is 2. The van der Waals surface area contributed by atoms with Crippen molar-refractivity contribution in [3.8, 4) is 0 Å². The average Bonchev–Trinajstić information content (AvgIpc) is 2.94. The number of sulfone groups is 1. The topological polar surface area (TPSA) is 77.7 Å². The standard InChI is InChI=1S/C17H16N2O4S/c1-2-23-17(20)16-14(19-11-7-6-10-15(19)18-16)12-24(21,22)13-8-4-3-5-9-13/h3-11H,2,12H2,1H3. The Labute approximate surface area is 139 Å². The third-order valence-corrected chi connectivity index (χ3v) is 5.17. The summed E-state index contributed by atoms with van der Waals surface area (Å²) in [6.45, 7) is 1.88. The first-order chi connectivity index (χ1) is 11.5. The van der Waals surface area contributed by atoms with Gasteiger partial charge in [0.05, 0.1) is 22.9 Å². The number of ether oxygens (including phenoxy) is 1. The van der Waals surface area contributed by atoms with E-state index in [1.165, 1.54) is 12.1 Å². The minimum atomic E-state index is -3.61.